The Labute approximate surface area is 89.3 Å². The van der Waals surface area contributed by atoms with Crippen LogP contribution in [0.15, 0.2) is 42.5 Å². The van der Waals surface area contributed by atoms with E-state index in [1.807, 2.05) is 36.4 Å². The van der Waals surface area contributed by atoms with Gasteiger partial charge in [0.05, 0.1) is 6.10 Å². The molecule has 2 nitrogen and oxygen atoms in total. The molecule has 0 spiro atoms. The van der Waals surface area contributed by atoms with Crippen LogP contribution in [0.4, 0.5) is 0 Å². The maximum atomic E-state index is 9.83. The lowest BCUT2D eigenvalue weighted by atomic mass is 10.0. The van der Waals surface area contributed by atoms with Crippen molar-refractivity contribution < 1.29 is 5.11 Å². The number of benzene rings is 2. The highest BCUT2D eigenvalue weighted by atomic mass is 16.3. The van der Waals surface area contributed by atoms with Crippen LogP contribution in [0, 0.1) is 0 Å². The van der Waals surface area contributed by atoms with Crippen LogP contribution in [0.2, 0.25) is 0 Å². The van der Waals surface area contributed by atoms with E-state index in [-0.39, 0.29) is 6.04 Å². The summed E-state index contributed by atoms with van der Waals surface area (Å²) in [5, 5.41) is 12.1. The SMILES string of the molecule is C[C@H](N)[C@H](O)c1ccc2ccccc2c1. The lowest BCUT2D eigenvalue weighted by Gasteiger charge is -2.15. The Balaban J connectivity index is 2.47. The predicted octanol–water partition coefficient (Wildman–Crippen LogP) is 2.22. The molecule has 0 aliphatic rings. The fourth-order valence-corrected chi connectivity index (χ4v) is 1.70. The summed E-state index contributed by atoms with van der Waals surface area (Å²) in [6.07, 6.45) is -0.588. The molecule has 0 heterocycles. The third-order valence-electron chi connectivity index (χ3n) is 2.61. The minimum Gasteiger partial charge on any atom is -0.387 e. The largest absolute Gasteiger partial charge is 0.387 e. The van der Waals surface area contributed by atoms with Gasteiger partial charge in [-0.3, -0.25) is 0 Å². The van der Waals surface area contributed by atoms with Gasteiger partial charge in [0.1, 0.15) is 0 Å². The summed E-state index contributed by atoms with van der Waals surface area (Å²) in [4.78, 5) is 0. The minimum absolute atomic E-state index is 0.244. The second-order valence-electron chi connectivity index (χ2n) is 3.91. The summed E-state index contributed by atoms with van der Waals surface area (Å²) in [5.74, 6) is 0. The fraction of sp³-hybridized carbons (Fsp3) is 0.231. The van der Waals surface area contributed by atoms with Gasteiger partial charge in [0, 0.05) is 6.04 Å². The number of hydrogen-bond acceptors (Lipinski definition) is 2. The molecule has 0 fully saturated rings. The van der Waals surface area contributed by atoms with Crippen LogP contribution in [0.3, 0.4) is 0 Å². The molecule has 0 saturated carbocycles. The summed E-state index contributed by atoms with van der Waals surface area (Å²) < 4.78 is 0. The summed E-state index contributed by atoms with van der Waals surface area (Å²) in [6.45, 7) is 1.81. The number of aliphatic hydroxyl groups excluding tert-OH is 1. The maximum absolute atomic E-state index is 9.83. The van der Waals surface area contributed by atoms with Crippen LogP contribution >= 0.6 is 0 Å². The van der Waals surface area contributed by atoms with E-state index in [4.69, 9.17) is 5.73 Å². The lowest BCUT2D eigenvalue weighted by Crippen LogP contribution is -2.24. The molecule has 0 radical (unpaired) electrons. The van der Waals surface area contributed by atoms with Crippen LogP contribution in [-0.4, -0.2) is 11.1 Å². The predicted molar refractivity (Wildman–Crippen MR) is 62.6 cm³/mol. The Hall–Kier alpha value is -1.38. The van der Waals surface area contributed by atoms with Crippen molar-refractivity contribution in [3.8, 4) is 0 Å². The van der Waals surface area contributed by atoms with E-state index in [1.54, 1.807) is 6.92 Å². The monoisotopic (exact) mass is 201 g/mol. The highest BCUT2D eigenvalue weighted by Crippen LogP contribution is 2.21. The number of nitrogens with two attached hydrogens (primary N) is 1. The van der Waals surface area contributed by atoms with Crippen molar-refractivity contribution >= 4 is 10.8 Å². The summed E-state index contributed by atoms with van der Waals surface area (Å²) in [6, 6.07) is 13.8. The van der Waals surface area contributed by atoms with E-state index in [2.05, 4.69) is 6.07 Å². The van der Waals surface area contributed by atoms with Crippen LogP contribution in [0.25, 0.3) is 10.8 Å². The van der Waals surface area contributed by atoms with Gasteiger partial charge in [-0.25, -0.2) is 0 Å². The van der Waals surface area contributed by atoms with E-state index in [9.17, 15) is 5.11 Å². The first-order valence-corrected chi connectivity index (χ1v) is 5.11. The number of rotatable bonds is 2. The van der Waals surface area contributed by atoms with Crippen LogP contribution in [0.1, 0.15) is 18.6 Å². The molecule has 78 valence electrons. The zero-order valence-corrected chi connectivity index (χ0v) is 8.72. The summed E-state index contributed by atoms with van der Waals surface area (Å²) in [5.41, 5.74) is 6.54. The van der Waals surface area contributed by atoms with Crippen molar-refractivity contribution in [3.63, 3.8) is 0 Å². The second-order valence-corrected chi connectivity index (χ2v) is 3.91. The van der Waals surface area contributed by atoms with Gasteiger partial charge in [0.2, 0.25) is 0 Å². The highest BCUT2D eigenvalue weighted by molar-refractivity contribution is 5.83. The number of hydrogen-bond donors (Lipinski definition) is 2. The Morgan fingerprint density at radius 3 is 2.40 bits per heavy atom. The molecule has 3 N–H and O–H groups in total. The molecule has 2 rings (SSSR count). The molecule has 0 bridgehead atoms. The molecular formula is C13H15NO. The zero-order chi connectivity index (χ0) is 10.8. The molecule has 2 atom stereocenters. The first-order valence-electron chi connectivity index (χ1n) is 5.11. The lowest BCUT2D eigenvalue weighted by molar-refractivity contribution is 0.153. The van der Waals surface area contributed by atoms with Crippen LogP contribution in [0.5, 0.6) is 0 Å². The van der Waals surface area contributed by atoms with Gasteiger partial charge in [-0.05, 0) is 29.3 Å². The van der Waals surface area contributed by atoms with Gasteiger partial charge >= 0.3 is 0 Å². The molecule has 2 aromatic rings. The van der Waals surface area contributed by atoms with E-state index in [0.29, 0.717) is 0 Å². The van der Waals surface area contributed by atoms with Gasteiger partial charge in [-0.15, -0.1) is 0 Å². The van der Waals surface area contributed by atoms with E-state index in [1.165, 1.54) is 5.39 Å². The molecule has 2 aromatic carbocycles. The van der Waals surface area contributed by atoms with E-state index >= 15 is 0 Å². The number of aliphatic hydroxyl groups is 1. The fourth-order valence-electron chi connectivity index (χ4n) is 1.70. The molecule has 0 aromatic heterocycles. The maximum Gasteiger partial charge on any atom is 0.0938 e. The Kier molecular flexibility index (Phi) is 2.71. The Morgan fingerprint density at radius 2 is 1.73 bits per heavy atom. The smallest absolute Gasteiger partial charge is 0.0938 e. The molecule has 0 amide bonds. The van der Waals surface area contributed by atoms with Gasteiger partial charge < -0.3 is 10.8 Å². The van der Waals surface area contributed by atoms with Gasteiger partial charge in [0.15, 0.2) is 0 Å². The molecular weight excluding hydrogens is 186 g/mol. The second kappa shape index (κ2) is 4.01. The van der Waals surface area contributed by atoms with Crippen molar-refractivity contribution in [2.24, 2.45) is 5.73 Å². The van der Waals surface area contributed by atoms with Crippen LogP contribution < -0.4 is 5.73 Å². The standard InChI is InChI=1S/C13H15NO/c1-9(14)13(15)12-7-6-10-4-2-3-5-11(10)8-12/h2-9,13,15H,14H2,1H3/t9-,13-/m0/s1. The summed E-state index contributed by atoms with van der Waals surface area (Å²) in [7, 11) is 0. The van der Waals surface area contributed by atoms with Gasteiger partial charge in [-0.2, -0.15) is 0 Å². The van der Waals surface area contributed by atoms with E-state index < -0.39 is 6.10 Å². The first-order chi connectivity index (χ1) is 7.18. The quantitative estimate of drug-likeness (QED) is 0.782. The first kappa shape index (κ1) is 10.1. The van der Waals surface area contributed by atoms with Crippen molar-refractivity contribution in [1.29, 1.82) is 0 Å². The third kappa shape index (κ3) is 2.01. The van der Waals surface area contributed by atoms with Crippen molar-refractivity contribution in [2.75, 3.05) is 0 Å². The topological polar surface area (TPSA) is 46.2 Å². The highest BCUT2D eigenvalue weighted by Gasteiger charge is 2.12. The van der Waals surface area contributed by atoms with Crippen LogP contribution in [-0.2, 0) is 0 Å². The molecule has 0 saturated heterocycles. The van der Waals surface area contributed by atoms with E-state index in [0.717, 1.165) is 10.9 Å². The van der Waals surface area contributed by atoms with Gasteiger partial charge in [0.25, 0.3) is 0 Å². The molecule has 15 heavy (non-hydrogen) atoms. The van der Waals surface area contributed by atoms with Crippen molar-refractivity contribution in [3.05, 3.63) is 48.0 Å². The summed E-state index contributed by atoms with van der Waals surface area (Å²) >= 11 is 0. The molecule has 0 aliphatic heterocycles. The van der Waals surface area contributed by atoms with Crippen molar-refractivity contribution in [1.82, 2.24) is 0 Å². The third-order valence-corrected chi connectivity index (χ3v) is 2.61. The average Bonchev–Trinajstić information content (AvgIpc) is 2.27. The van der Waals surface area contributed by atoms with Crippen molar-refractivity contribution in [2.45, 2.75) is 19.1 Å². The minimum atomic E-state index is -0.588. The average molecular weight is 201 g/mol. The molecule has 0 unspecified atom stereocenters. The normalized spacial score (nSPS) is 15.1. The molecule has 0 aliphatic carbocycles. The molecule has 2 heteroatoms. The Bertz CT molecular complexity index is 465. The number of fused-ring (bicyclic) bond motifs is 1. The Morgan fingerprint density at radius 1 is 1.07 bits per heavy atom. The zero-order valence-electron chi connectivity index (χ0n) is 8.72. The van der Waals surface area contributed by atoms with Gasteiger partial charge in [-0.1, -0.05) is 36.4 Å².